The quantitative estimate of drug-likeness (QED) is 0.590. The molecule has 0 saturated carbocycles. The van der Waals surface area contributed by atoms with Crippen LogP contribution in [0.3, 0.4) is 0 Å². The second-order valence-corrected chi connectivity index (χ2v) is 7.64. The van der Waals surface area contributed by atoms with Gasteiger partial charge in [-0.25, -0.2) is 4.98 Å². The number of aromatic nitrogens is 2. The van der Waals surface area contributed by atoms with Gasteiger partial charge in [-0.1, -0.05) is 42.5 Å². The van der Waals surface area contributed by atoms with E-state index < -0.39 is 0 Å². The lowest BCUT2D eigenvalue weighted by atomic mass is 10.2. The van der Waals surface area contributed by atoms with E-state index in [0.29, 0.717) is 0 Å². The molecule has 28 heavy (non-hydrogen) atoms. The molecular weight excluding hydrogens is 370 g/mol. The fraction of sp³-hybridized carbons (Fsp3) is 0.409. The van der Waals surface area contributed by atoms with Crippen LogP contribution in [0.5, 0.6) is 0 Å². The third kappa shape index (κ3) is 3.88. The highest BCUT2D eigenvalue weighted by Gasteiger charge is 2.24. The maximum atomic E-state index is 4.86. The van der Waals surface area contributed by atoms with E-state index in [-0.39, 0.29) is 12.4 Å². The Hall–Kier alpha value is -2.08. The van der Waals surface area contributed by atoms with E-state index in [9.17, 15) is 0 Å². The molecule has 3 aromatic rings. The second kappa shape index (κ2) is 8.52. The number of hydrogen-bond donors (Lipinski definition) is 0. The molecular formula is C22H27ClN5-. The molecule has 0 N–H and O–H groups in total. The topological polar surface area (TPSA) is 27.5 Å². The zero-order valence-corrected chi connectivity index (χ0v) is 16.9. The van der Waals surface area contributed by atoms with Gasteiger partial charge in [0.15, 0.2) is 0 Å². The maximum absolute atomic E-state index is 4.86. The molecule has 1 saturated heterocycles. The van der Waals surface area contributed by atoms with Crippen molar-refractivity contribution in [3.05, 3.63) is 60.2 Å². The first-order valence-corrected chi connectivity index (χ1v) is 10.1. The van der Waals surface area contributed by atoms with Crippen LogP contribution in [0.1, 0.15) is 5.56 Å². The lowest BCUT2D eigenvalue weighted by Crippen LogP contribution is -3.00. The number of hydrogen-bond acceptors (Lipinski definition) is 4. The summed E-state index contributed by atoms with van der Waals surface area (Å²) in [5.41, 5.74) is 3.80. The van der Waals surface area contributed by atoms with Crippen molar-refractivity contribution >= 4 is 17.0 Å². The molecule has 2 aromatic carbocycles. The molecule has 0 radical (unpaired) electrons. The first kappa shape index (κ1) is 19.2. The van der Waals surface area contributed by atoms with Gasteiger partial charge < -0.3 is 21.9 Å². The van der Waals surface area contributed by atoms with E-state index in [4.69, 9.17) is 4.98 Å². The highest BCUT2D eigenvalue weighted by atomic mass is 35.5. The molecule has 2 aliphatic rings. The number of nitrogens with zero attached hydrogens (tertiary/aromatic N) is 5. The Morgan fingerprint density at radius 3 is 2.25 bits per heavy atom. The smallest absolute Gasteiger partial charge is 0.206 e. The maximum Gasteiger partial charge on any atom is 0.206 e. The van der Waals surface area contributed by atoms with Crippen molar-refractivity contribution in [1.29, 1.82) is 0 Å². The van der Waals surface area contributed by atoms with Crippen LogP contribution in [-0.4, -0.2) is 65.2 Å². The normalized spacial score (nSPS) is 17.6. The summed E-state index contributed by atoms with van der Waals surface area (Å²) in [5.74, 6) is 1.15. The molecule has 1 fully saturated rings. The summed E-state index contributed by atoms with van der Waals surface area (Å²) in [7, 11) is 0. The van der Waals surface area contributed by atoms with Crippen molar-refractivity contribution in [2.45, 2.75) is 13.1 Å². The lowest BCUT2D eigenvalue weighted by Gasteiger charge is -2.35. The summed E-state index contributed by atoms with van der Waals surface area (Å²) >= 11 is 0. The number of anilines is 1. The third-order valence-electron chi connectivity index (χ3n) is 5.91. The Kier molecular flexibility index (Phi) is 5.85. The molecule has 3 heterocycles. The predicted octanol–water partition coefficient (Wildman–Crippen LogP) is -0.322. The summed E-state index contributed by atoms with van der Waals surface area (Å²) in [4.78, 5) is 12.5. The van der Waals surface area contributed by atoms with Gasteiger partial charge in [-0.3, -0.25) is 9.80 Å². The number of piperazine rings is 1. The third-order valence-corrected chi connectivity index (χ3v) is 5.91. The molecule has 0 unspecified atom stereocenters. The monoisotopic (exact) mass is 396 g/mol. The Labute approximate surface area is 173 Å². The first-order valence-electron chi connectivity index (χ1n) is 10.1. The SMILES string of the molecule is [Cl-].c1ccc(CN2CCN(CCN3CCn4c3nc3ccccc34)CC2)cc1. The standard InChI is InChI=1S/C22H27N5.ClH/c1-2-6-19(7-3-1)18-25-12-10-24(11-13-25)14-15-26-16-17-27-21-9-5-4-8-20(21)23-22(26)27;/h1-9H,10-18H2;1H/p-1. The highest BCUT2D eigenvalue weighted by Crippen LogP contribution is 2.26. The average molecular weight is 397 g/mol. The van der Waals surface area contributed by atoms with E-state index in [0.717, 1.165) is 70.4 Å². The van der Waals surface area contributed by atoms with Crippen molar-refractivity contribution < 1.29 is 12.4 Å². The Balaban J connectivity index is 0.00000192. The zero-order chi connectivity index (χ0) is 18.1. The van der Waals surface area contributed by atoms with Gasteiger partial charge in [-0.15, -0.1) is 0 Å². The molecule has 6 heteroatoms. The van der Waals surface area contributed by atoms with Crippen LogP contribution in [0.2, 0.25) is 0 Å². The van der Waals surface area contributed by atoms with E-state index in [1.165, 1.54) is 11.1 Å². The van der Waals surface area contributed by atoms with Crippen LogP contribution >= 0.6 is 0 Å². The Morgan fingerprint density at radius 2 is 1.43 bits per heavy atom. The van der Waals surface area contributed by atoms with Crippen LogP contribution < -0.4 is 17.3 Å². The van der Waals surface area contributed by atoms with Crippen LogP contribution in [0.4, 0.5) is 5.95 Å². The molecule has 2 aliphatic heterocycles. The number of fused-ring (bicyclic) bond motifs is 3. The fourth-order valence-electron chi connectivity index (χ4n) is 4.33. The molecule has 0 bridgehead atoms. The van der Waals surface area contributed by atoms with E-state index >= 15 is 0 Å². The molecule has 1 aromatic heterocycles. The van der Waals surface area contributed by atoms with Crippen molar-refractivity contribution in [2.75, 3.05) is 50.7 Å². The Bertz CT molecular complexity index is 902. The van der Waals surface area contributed by atoms with E-state index in [1.54, 1.807) is 0 Å². The van der Waals surface area contributed by atoms with Crippen LogP contribution in [0.15, 0.2) is 54.6 Å². The summed E-state index contributed by atoms with van der Waals surface area (Å²) in [6, 6.07) is 19.3. The van der Waals surface area contributed by atoms with Crippen molar-refractivity contribution in [1.82, 2.24) is 19.4 Å². The van der Waals surface area contributed by atoms with Crippen LogP contribution in [0, 0.1) is 0 Å². The van der Waals surface area contributed by atoms with Crippen LogP contribution in [0.25, 0.3) is 11.0 Å². The van der Waals surface area contributed by atoms with Gasteiger partial charge in [0.05, 0.1) is 11.0 Å². The van der Waals surface area contributed by atoms with Gasteiger partial charge >= 0.3 is 0 Å². The fourth-order valence-corrected chi connectivity index (χ4v) is 4.33. The van der Waals surface area contributed by atoms with Gasteiger partial charge in [0.2, 0.25) is 5.95 Å². The molecule has 148 valence electrons. The van der Waals surface area contributed by atoms with Crippen LogP contribution in [-0.2, 0) is 13.1 Å². The average Bonchev–Trinajstić information content (AvgIpc) is 3.28. The largest absolute Gasteiger partial charge is 1.00 e. The number of rotatable bonds is 5. The Morgan fingerprint density at radius 1 is 0.714 bits per heavy atom. The van der Waals surface area contributed by atoms with Crippen molar-refractivity contribution in [3.63, 3.8) is 0 Å². The minimum absolute atomic E-state index is 0. The first-order chi connectivity index (χ1) is 13.4. The number of para-hydroxylation sites is 2. The molecule has 0 spiro atoms. The molecule has 0 aliphatic carbocycles. The molecule has 0 atom stereocenters. The summed E-state index contributed by atoms with van der Waals surface area (Å²) in [6.07, 6.45) is 0. The van der Waals surface area contributed by atoms with Crippen molar-refractivity contribution in [2.24, 2.45) is 0 Å². The van der Waals surface area contributed by atoms with Gasteiger partial charge in [-0.2, -0.15) is 0 Å². The number of halogens is 1. The summed E-state index contributed by atoms with van der Waals surface area (Å²) in [5, 5.41) is 0. The molecule has 5 rings (SSSR count). The number of benzene rings is 2. The van der Waals surface area contributed by atoms with Gasteiger partial charge in [0.25, 0.3) is 0 Å². The van der Waals surface area contributed by atoms with Gasteiger partial charge in [0, 0.05) is 58.9 Å². The minimum Gasteiger partial charge on any atom is -1.00 e. The summed E-state index contributed by atoms with van der Waals surface area (Å²) in [6.45, 7) is 10.1. The molecule has 0 amide bonds. The second-order valence-electron chi connectivity index (χ2n) is 7.64. The lowest BCUT2D eigenvalue weighted by molar-refractivity contribution is -0.00000549. The summed E-state index contributed by atoms with van der Waals surface area (Å²) < 4.78 is 2.37. The van der Waals surface area contributed by atoms with Gasteiger partial charge in [0.1, 0.15) is 0 Å². The van der Waals surface area contributed by atoms with Gasteiger partial charge in [-0.05, 0) is 17.7 Å². The molecule has 5 nitrogen and oxygen atoms in total. The van der Waals surface area contributed by atoms with Crippen molar-refractivity contribution in [3.8, 4) is 0 Å². The number of imidazole rings is 1. The van der Waals surface area contributed by atoms with E-state index in [1.807, 2.05) is 0 Å². The van der Waals surface area contributed by atoms with E-state index in [2.05, 4.69) is 73.9 Å². The predicted molar refractivity (Wildman–Crippen MR) is 110 cm³/mol. The minimum atomic E-state index is 0. The highest BCUT2D eigenvalue weighted by molar-refractivity contribution is 5.79. The zero-order valence-electron chi connectivity index (χ0n) is 16.2.